The van der Waals surface area contributed by atoms with E-state index in [0.29, 0.717) is 0 Å². The number of aromatic nitrogens is 1. The molecule has 0 atom stereocenters. The van der Waals surface area contributed by atoms with Crippen LogP contribution in [0, 0.1) is 0 Å². The van der Waals surface area contributed by atoms with E-state index in [-0.39, 0.29) is 18.6 Å². The molecular formula is C15H19NO2. The lowest BCUT2D eigenvalue weighted by molar-refractivity contribution is -0.148. The third-order valence-electron chi connectivity index (χ3n) is 2.91. The first-order valence-electron chi connectivity index (χ1n) is 6.37. The van der Waals surface area contributed by atoms with Gasteiger partial charge >= 0.3 is 5.97 Å². The first-order chi connectivity index (χ1) is 8.60. The highest BCUT2D eigenvalue weighted by Gasteiger charge is 2.09. The predicted octanol–water partition coefficient (Wildman–Crippen LogP) is 3.16. The summed E-state index contributed by atoms with van der Waals surface area (Å²) in [7, 11) is 0. The fourth-order valence-corrected chi connectivity index (χ4v) is 2.05. The Labute approximate surface area is 107 Å². The van der Waals surface area contributed by atoms with Crippen molar-refractivity contribution in [3.05, 3.63) is 36.0 Å². The van der Waals surface area contributed by atoms with Crippen molar-refractivity contribution in [2.24, 2.45) is 0 Å². The van der Waals surface area contributed by atoms with Gasteiger partial charge in [0.15, 0.2) is 0 Å². The molecule has 0 unspecified atom stereocenters. The van der Waals surface area contributed by atoms with Crippen molar-refractivity contribution in [2.75, 3.05) is 0 Å². The van der Waals surface area contributed by atoms with Crippen LogP contribution in [0.25, 0.3) is 10.9 Å². The van der Waals surface area contributed by atoms with Gasteiger partial charge in [0.1, 0.15) is 6.54 Å². The lowest BCUT2D eigenvalue weighted by Gasteiger charge is -2.09. The third-order valence-corrected chi connectivity index (χ3v) is 2.91. The number of benzene rings is 1. The zero-order chi connectivity index (χ0) is 13.1. The standard InChI is InChI=1S/C15H19NO2/c1-4-12-5-6-14-13(9-12)7-8-16(14)10-15(17)18-11(2)3/h5-9,11H,4,10H2,1-3H3. The van der Waals surface area contributed by atoms with Gasteiger partial charge in [0.05, 0.1) is 6.10 Å². The summed E-state index contributed by atoms with van der Waals surface area (Å²) in [6.07, 6.45) is 2.90. The molecule has 2 aromatic rings. The maximum atomic E-state index is 11.6. The van der Waals surface area contributed by atoms with Gasteiger partial charge in [-0.25, -0.2) is 0 Å². The molecule has 1 aromatic heterocycles. The third kappa shape index (κ3) is 2.73. The number of hydrogen-bond donors (Lipinski definition) is 0. The van der Waals surface area contributed by atoms with Crippen molar-refractivity contribution in [1.82, 2.24) is 4.57 Å². The number of hydrogen-bond acceptors (Lipinski definition) is 2. The van der Waals surface area contributed by atoms with Crippen LogP contribution in [-0.4, -0.2) is 16.6 Å². The molecule has 0 N–H and O–H groups in total. The molecule has 0 saturated heterocycles. The maximum Gasteiger partial charge on any atom is 0.326 e. The van der Waals surface area contributed by atoms with Crippen LogP contribution in [-0.2, 0) is 22.5 Å². The summed E-state index contributed by atoms with van der Waals surface area (Å²) in [5.41, 5.74) is 2.39. The van der Waals surface area contributed by atoms with E-state index in [1.54, 1.807) is 0 Å². The lowest BCUT2D eigenvalue weighted by Crippen LogP contribution is -2.16. The normalized spacial score (nSPS) is 11.1. The predicted molar refractivity (Wildman–Crippen MR) is 72.5 cm³/mol. The summed E-state index contributed by atoms with van der Waals surface area (Å²) in [4.78, 5) is 11.6. The van der Waals surface area contributed by atoms with Gasteiger partial charge in [0.2, 0.25) is 0 Å². The van der Waals surface area contributed by atoms with Crippen LogP contribution in [0.3, 0.4) is 0 Å². The Hall–Kier alpha value is -1.77. The molecule has 3 nitrogen and oxygen atoms in total. The average Bonchev–Trinajstić information content (AvgIpc) is 2.70. The molecule has 0 fully saturated rings. The molecule has 0 saturated carbocycles. The van der Waals surface area contributed by atoms with Crippen molar-refractivity contribution in [3.63, 3.8) is 0 Å². The largest absolute Gasteiger partial charge is 0.462 e. The fourth-order valence-electron chi connectivity index (χ4n) is 2.05. The molecule has 0 aliphatic carbocycles. The van der Waals surface area contributed by atoms with Crippen LogP contribution < -0.4 is 0 Å². The number of rotatable bonds is 4. The molecular weight excluding hydrogens is 226 g/mol. The molecule has 2 rings (SSSR count). The number of fused-ring (bicyclic) bond motifs is 1. The van der Waals surface area contributed by atoms with Gasteiger partial charge in [-0.15, -0.1) is 0 Å². The number of carbonyl (C=O) groups excluding carboxylic acids is 1. The maximum absolute atomic E-state index is 11.6. The SMILES string of the molecule is CCc1ccc2c(ccn2CC(=O)OC(C)C)c1. The molecule has 0 radical (unpaired) electrons. The van der Waals surface area contributed by atoms with Crippen molar-refractivity contribution < 1.29 is 9.53 Å². The Balaban J connectivity index is 2.22. The molecule has 3 heteroatoms. The quantitative estimate of drug-likeness (QED) is 0.775. The molecule has 18 heavy (non-hydrogen) atoms. The van der Waals surface area contributed by atoms with Gasteiger partial charge in [-0.05, 0) is 49.4 Å². The molecule has 0 amide bonds. The lowest BCUT2D eigenvalue weighted by atomic mass is 10.1. The second-order valence-electron chi connectivity index (χ2n) is 4.73. The van der Waals surface area contributed by atoms with Crippen molar-refractivity contribution in [3.8, 4) is 0 Å². The highest BCUT2D eigenvalue weighted by atomic mass is 16.5. The Bertz CT molecular complexity index is 555. The summed E-state index contributed by atoms with van der Waals surface area (Å²) < 4.78 is 7.09. The van der Waals surface area contributed by atoms with Crippen molar-refractivity contribution >= 4 is 16.9 Å². The van der Waals surface area contributed by atoms with E-state index in [1.165, 1.54) is 10.9 Å². The molecule has 0 spiro atoms. The summed E-state index contributed by atoms with van der Waals surface area (Å²) in [5, 5.41) is 1.17. The first-order valence-corrected chi connectivity index (χ1v) is 6.37. The van der Waals surface area contributed by atoms with Crippen LogP contribution in [0.4, 0.5) is 0 Å². The van der Waals surface area contributed by atoms with E-state index in [4.69, 9.17) is 4.74 Å². The average molecular weight is 245 g/mol. The first kappa shape index (κ1) is 12.7. The second kappa shape index (κ2) is 5.25. The van der Waals surface area contributed by atoms with Gasteiger partial charge in [-0.1, -0.05) is 13.0 Å². The Morgan fingerprint density at radius 1 is 1.33 bits per heavy atom. The second-order valence-corrected chi connectivity index (χ2v) is 4.73. The van der Waals surface area contributed by atoms with Crippen LogP contribution in [0.5, 0.6) is 0 Å². The zero-order valence-electron chi connectivity index (χ0n) is 11.1. The van der Waals surface area contributed by atoms with E-state index in [1.807, 2.05) is 30.7 Å². The van der Waals surface area contributed by atoms with Crippen LogP contribution in [0.15, 0.2) is 30.5 Å². The number of ether oxygens (including phenoxy) is 1. The number of esters is 1. The fraction of sp³-hybridized carbons (Fsp3) is 0.400. The van der Waals surface area contributed by atoms with E-state index < -0.39 is 0 Å². The molecule has 96 valence electrons. The highest BCUT2D eigenvalue weighted by Crippen LogP contribution is 2.18. The smallest absolute Gasteiger partial charge is 0.326 e. The Morgan fingerprint density at radius 2 is 2.11 bits per heavy atom. The minimum absolute atomic E-state index is 0.0639. The summed E-state index contributed by atoms with van der Waals surface area (Å²) in [6, 6.07) is 8.38. The Morgan fingerprint density at radius 3 is 2.78 bits per heavy atom. The molecule has 0 aliphatic rings. The van der Waals surface area contributed by atoms with E-state index in [0.717, 1.165) is 11.9 Å². The van der Waals surface area contributed by atoms with E-state index in [2.05, 4.69) is 25.1 Å². The number of nitrogens with zero attached hydrogens (tertiary/aromatic N) is 1. The van der Waals surface area contributed by atoms with Gasteiger partial charge < -0.3 is 9.30 Å². The van der Waals surface area contributed by atoms with Crippen molar-refractivity contribution in [2.45, 2.75) is 39.8 Å². The summed E-state index contributed by atoms with van der Waals surface area (Å²) in [6.45, 7) is 6.13. The van der Waals surface area contributed by atoms with Gasteiger partial charge in [-0.2, -0.15) is 0 Å². The molecule has 0 aliphatic heterocycles. The van der Waals surface area contributed by atoms with Gasteiger partial charge in [0.25, 0.3) is 0 Å². The van der Waals surface area contributed by atoms with Gasteiger partial charge in [-0.3, -0.25) is 4.79 Å². The Kier molecular flexibility index (Phi) is 3.70. The summed E-state index contributed by atoms with van der Waals surface area (Å²) in [5.74, 6) is -0.193. The molecule has 1 heterocycles. The highest BCUT2D eigenvalue weighted by molar-refractivity contribution is 5.82. The summed E-state index contributed by atoms with van der Waals surface area (Å²) >= 11 is 0. The minimum Gasteiger partial charge on any atom is -0.462 e. The topological polar surface area (TPSA) is 31.2 Å². The van der Waals surface area contributed by atoms with Crippen LogP contribution >= 0.6 is 0 Å². The number of carbonyl (C=O) groups is 1. The van der Waals surface area contributed by atoms with E-state index in [9.17, 15) is 4.79 Å². The minimum atomic E-state index is -0.193. The van der Waals surface area contributed by atoms with Gasteiger partial charge in [0, 0.05) is 11.7 Å². The van der Waals surface area contributed by atoms with E-state index >= 15 is 0 Å². The molecule has 1 aromatic carbocycles. The zero-order valence-corrected chi connectivity index (χ0v) is 11.1. The molecule has 0 bridgehead atoms. The van der Waals surface area contributed by atoms with Crippen LogP contribution in [0.2, 0.25) is 0 Å². The van der Waals surface area contributed by atoms with Crippen LogP contribution in [0.1, 0.15) is 26.3 Å². The monoisotopic (exact) mass is 245 g/mol. The van der Waals surface area contributed by atoms with Crippen molar-refractivity contribution in [1.29, 1.82) is 0 Å². The number of aryl methyl sites for hydroxylation is 1.